The van der Waals surface area contributed by atoms with Crippen LogP contribution in [0, 0.1) is 0 Å². The Bertz CT molecular complexity index is 384. The van der Waals surface area contributed by atoms with Gasteiger partial charge in [0.25, 0.3) is 0 Å². The minimum Gasteiger partial charge on any atom is -0.394 e. The van der Waals surface area contributed by atoms with Crippen molar-refractivity contribution >= 4 is 0 Å². The molecule has 0 aliphatic carbocycles. The Kier molecular flexibility index (Phi) is 8.43. The molecule has 2 saturated heterocycles. The zero-order valence-corrected chi connectivity index (χ0v) is 13.4. The monoisotopic (exact) mass is 398 g/mol. The Balaban J connectivity index is 0.00000288. The maximum Gasteiger partial charge on any atom is 0.187 e. The van der Waals surface area contributed by atoms with Gasteiger partial charge in [-0.15, -0.1) is 0 Å². The number of hydrogen-bond acceptors (Lipinski definition) is 11. The van der Waals surface area contributed by atoms with E-state index in [1.54, 1.807) is 0 Å². The van der Waals surface area contributed by atoms with Gasteiger partial charge in [0.15, 0.2) is 12.6 Å². The van der Waals surface area contributed by atoms with E-state index in [4.69, 9.17) is 19.3 Å². The van der Waals surface area contributed by atoms with Crippen molar-refractivity contribution in [1.29, 1.82) is 0 Å². The molecular formula is C12H22FeO11. The number of ether oxygens (including phenoxy) is 3. The molecule has 0 aromatic heterocycles. The molecule has 0 bridgehead atoms. The van der Waals surface area contributed by atoms with E-state index in [2.05, 4.69) is 0 Å². The van der Waals surface area contributed by atoms with E-state index in [1.807, 2.05) is 0 Å². The van der Waals surface area contributed by atoms with E-state index >= 15 is 0 Å². The van der Waals surface area contributed by atoms with Gasteiger partial charge in [-0.1, -0.05) is 0 Å². The Morgan fingerprint density at radius 2 is 1.25 bits per heavy atom. The third-order valence-electron chi connectivity index (χ3n) is 3.98. The van der Waals surface area contributed by atoms with E-state index in [9.17, 15) is 35.7 Å². The van der Waals surface area contributed by atoms with Crippen molar-refractivity contribution in [2.45, 2.75) is 61.4 Å². The first-order valence-electron chi connectivity index (χ1n) is 7.08. The van der Waals surface area contributed by atoms with Gasteiger partial charge in [-0.3, -0.25) is 0 Å². The van der Waals surface area contributed by atoms with Crippen molar-refractivity contribution in [3.63, 3.8) is 0 Å². The maximum atomic E-state index is 9.94. The van der Waals surface area contributed by atoms with Gasteiger partial charge in [-0.05, 0) is 0 Å². The van der Waals surface area contributed by atoms with Crippen LogP contribution in [0.4, 0.5) is 0 Å². The molecule has 2 rings (SSSR count). The van der Waals surface area contributed by atoms with Gasteiger partial charge in [0.05, 0.1) is 13.2 Å². The molecular weight excluding hydrogens is 376 g/mol. The molecule has 12 heteroatoms. The zero-order chi connectivity index (χ0) is 17.3. The first-order chi connectivity index (χ1) is 10.8. The normalized spacial score (nSPS) is 49.5. The molecule has 0 aromatic rings. The Hall–Kier alpha value is 0.0795. The minimum absolute atomic E-state index is 0. The summed E-state index contributed by atoms with van der Waals surface area (Å²) in [7, 11) is 0. The molecule has 0 aromatic carbocycles. The summed E-state index contributed by atoms with van der Waals surface area (Å²) in [6, 6.07) is 0. The van der Waals surface area contributed by atoms with E-state index in [0.29, 0.717) is 0 Å². The molecule has 0 spiro atoms. The molecule has 0 saturated carbocycles. The van der Waals surface area contributed by atoms with Crippen LogP contribution >= 0.6 is 0 Å². The van der Waals surface area contributed by atoms with Gasteiger partial charge in [0.2, 0.25) is 0 Å². The average molecular weight is 398 g/mol. The van der Waals surface area contributed by atoms with Crippen molar-refractivity contribution in [3.8, 4) is 0 Å². The van der Waals surface area contributed by atoms with Crippen LogP contribution in [0.2, 0.25) is 0 Å². The van der Waals surface area contributed by atoms with Gasteiger partial charge in [0.1, 0.15) is 48.8 Å². The largest absolute Gasteiger partial charge is 0.394 e. The quantitative estimate of drug-likeness (QED) is 0.211. The molecule has 0 unspecified atom stereocenters. The smallest absolute Gasteiger partial charge is 0.187 e. The standard InChI is InChI=1S/C12H22O11.Fe/c13-1-3-5(15)6(16)9(19)12(22-3)23-10-4(2-14)21-11(20)8(18)7(10)17;/h3-20H,1-2H2;/t3-,4-,5-,6+,7-,8-,9-,10-,11-,12-;/m1./s1. The fourth-order valence-electron chi connectivity index (χ4n) is 2.57. The van der Waals surface area contributed by atoms with Crippen LogP contribution in [0.15, 0.2) is 0 Å². The van der Waals surface area contributed by atoms with Crippen LogP contribution in [-0.4, -0.2) is 115 Å². The van der Waals surface area contributed by atoms with Crippen LogP contribution in [0.25, 0.3) is 0 Å². The fraction of sp³-hybridized carbons (Fsp3) is 1.00. The predicted molar refractivity (Wildman–Crippen MR) is 68.6 cm³/mol. The van der Waals surface area contributed by atoms with Crippen LogP contribution in [-0.2, 0) is 31.3 Å². The van der Waals surface area contributed by atoms with Gasteiger partial charge >= 0.3 is 0 Å². The van der Waals surface area contributed by atoms with Gasteiger partial charge in [-0.2, -0.15) is 0 Å². The van der Waals surface area contributed by atoms with Crippen LogP contribution in [0.5, 0.6) is 0 Å². The molecule has 0 amide bonds. The summed E-state index contributed by atoms with van der Waals surface area (Å²) < 4.78 is 15.3. The maximum absolute atomic E-state index is 9.94. The van der Waals surface area contributed by atoms with Crippen LogP contribution in [0.1, 0.15) is 0 Å². The first-order valence-corrected chi connectivity index (χ1v) is 7.08. The van der Waals surface area contributed by atoms with Gasteiger partial charge in [0, 0.05) is 17.1 Å². The second-order valence-corrected chi connectivity index (χ2v) is 5.53. The first kappa shape index (κ1) is 22.1. The minimum atomic E-state index is -1.74. The number of aliphatic hydroxyl groups is 8. The number of rotatable bonds is 4. The number of hydrogen-bond donors (Lipinski definition) is 8. The Morgan fingerprint density at radius 1 is 0.667 bits per heavy atom. The third-order valence-corrected chi connectivity index (χ3v) is 3.98. The summed E-state index contributed by atoms with van der Waals surface area (Å²) in [5.74, 6) is 0. The summed E-state index contributed by atoms with van der Waals surface area (Å²) in [5.41, 5.74) is 0. The molecule has 2 aliphatic rings. The van der Waals surface area contributed by atoms with Crippen LogP contribution in [0.3, 0.4) is 0 Å². The fourth-order valence-corrected chi connectivity index (χ4v) is 2.57. The van der Waals surface area contributed by atoms with Crippen molar-refractivity contribution < 1.29 is 72.1 Å². The summed E-state index contributed by atoms with van der Waals surface area (Å²) in [4.78, 5) is 0. The Labute approximate surface area is 147 Å². The second kappa shape index (κ2) is 9.14. The summed E-state index contributed by atoms with van der Waals surface area (Å²) in [5, 5.41) is 76.5. The Morgan fingerprint density at radius 3 is 1.79 bits per heavy atom. The summed E-state index contributed by atoms with van der Waals surface area (Å²) >= 11 is 0. The SMILES string of the molecule is OC[C@H]1O[C@H](O[C@H]2[C@H](O)[C@@H](O)[C@H](O)O[C@@H]2CO)[C@H](O)[C@@H](O)[C@@H]1O.[Fe]. The van der Waals surface area contributed by atoms with E-state index < -0.39 is 74.6 Å². The van der Waals surface area contributed by atoms with Crippen molar-refractivity contribution in [2.75, 3.05) is 13.2 Å². The second-order valence-electron chi connectivity index (χ2n) is 5.53. The third kappa shape index (κ3) is 4.24. The van der Waals surface area contributed by atoms with E-state index in [0.717, 1.165) is 0 Å². The van der Waals surface area contributed by atoms with Gasteiger partial charge < -0.3 is 55.1 Å². The topological polar surface area (TPSA) is 190 Å². The van der Waals surface area contributed by atoms with Crippen molar-refractivity contribution in [2.24, 2.45) is 0 Å². The summed E-state index contributed by atoms with van der Waals surface area (Å²) in [6.07, 6.45) is -15.6. The van der Waals surface area contributed by atoms with Gasteiger partial charge in [-0.25, -0.2) is 0 Å². The van der Waals surface area contributed by atoms with E-state index in [-0.39, 0.29) is 17.1 Å². The molecule has 10 atom stereocenters. The molecule has 144 valence electrons. The number of aliphatic hydroxyl groups excluding tert-OH is 8. The molecule has 8 N–H and O–H groups in total. The van der Waals surface area contributed by atoms with Crippen molar-refractivity contribution in [3.05, 3.63) is 0 Å². The molecule has 0 radical (unpaired) electrons. The molecule has 24 heavy (non-hydrogen) atoms. The van der Waals surface area contributed by atoms with E-state index in [1.165, 1.54) is 0 Å². The summed E-state index contributed by atoms with van der Waals surface area (Å²) in [6.45, 7) is -1.35. The molecule has 2 heterocycles. The predicted octanol–water partition coefficient (Wildman–Crippen LogP) is -5.40. The molecule has 2 fully saturated rings. The zero-order valence-electron chi connectivity index (χ0n) is 12.3. The molecule has 11 nitrogen and oxygen atoms in total. The average Bonchev–Trinajstić information content (AvgIpc) is 2.55. The van der Waals surface area contributed by atoms with Crippen LogP contribution < -0.4 is 0 Å². The van der Waals surface area contributed by atoms with Crippen molar-refractivity contribution in [1.82, 2.24) is 0 Å². The molecule has 2 aliphatic heterocycles.